The number of aromatic nitrogens is 2. The Hall–Kier alpha value is -3.00. The predicted molar refractivity (Wildman–Crippen MR) is 120 cm³/mol. The van der Waals surface area contributed by atoms with Crippen LogP contribution >= 0.6 is 15.9 Å². The highest BCUT2D eigenvalue weighted by molar-refractivity contribution is 9.10. The van der Waals surface area contributed by atoms with E-state index in [2.05, 4.69) is 31.2 Å². The molecule has 30 heavy (non-hydrogen) atoms. The number of hydrogen-bond donors (Lipinski definition) is 2. The first-order valence-corrected chi connectivity index (χ1v) is 10.4. The molecule has 0 spiro atoms. The van der Waals surface area contributed by atoms with Crippen LogP contribution in [0, 0.1) is 6.92 Å². The molecule has 0 aliphatic heterocycles. The van der Waals surface area contributed by atoms with Crippen LogP contribution in [-0.2, 0) is 16.0 Å². The normalized spacial score (nSPS) is 10.8. The Morgan fingerprint density at radius 1 is 1.20 bits per heavy atom. The Bertz CT molecular complexity index is 1140. The van der Waals surface area contributed by atoms with E-state index in [1.54, 1.807) is 25.2 Å². The highest BCUT2D eigenvalue weighted by Gasteiger charge is 2.14. The van der Waals surface area contributed by atoms with Crippen LogP contribution in [0.1, 0.15) is 24.2 Å². The van der Waals surface area contributed by atoms with E-state index in [1.165, 1.54) is 4.90 Å². The fourth-order valence-corrected chi connectivity index (χ4v) is 3.59. The highest BCUT2D eigenvalue weighted by Crippen LogP contribution is 2.20. The first-order valence-electron chi connectivity index (χ1n) is 9.61. The molecule has 2 aromatic carbocycles. The molecular weight excluding hydrogens is 448 g/mol. The number of amides is 2. The third kappa shape index (κ3) is 5.54. The summed E-state index contributed by atoms with van der Waals surface area (Å²) in [7, 11) is 1.60. The third-order valence-corrected chi connectivity index (χ3v) is 5.23. The maximum absolute atomic E-state index is 12.4. The predicted octanol–water partition coefficient (Wildman–Crippen LogP) is 3.41. The zero-order valence-corrected chi connectivity index (χ0v) is 18.5. The van der Waals surface area contributed by atoms with E-state index < -0.39 is 0 Å². The minimum atomic E-state index is -0.253. The molecule has 3 aromatic rings. The van der Waals surface area contributed by atoms with Gasteiger partial charge in [-0.05, 0) is 49.2 Å². The standard InChI is InChI=1S/C22H23BrN4O3/c1-14-12-15(23)10-11-17(14)25-20(28)13-27(2)21(29)9-5-8-19-24-18-7-4-3-6-16(18)22(30)26-19/h3-4,6-7,10-12H,5,8-9,13H2,1-2H3,(H,25,28)(H,24,26,30). The summed E-state index contributed by atoms with van der Waals surface area (Å²) >= 11 is 3.39. The first kappa shape index (κ1) is 21.7. The Morgan fingerprint density at radius 2 is 1.97 bits per heavy atom. The first-order chi connectivity index (χ1) is 14.3. The van der Waals surface area contributed by atoms with E-state index in [9.17, 15) is 14.4 Å². The minimum Gasteiger partial charge on any atom is -0.336 e. The van der Waals surface area contributed by atoms with E-state index >= 15 is 0 Å². The molecule has 0 atom stereocenters. The van der Waals surface area contributed by atoms with Gasteiger partial charge in [-0.15, -0.1) is 0 Å². The fourth-order valence-electron chi connectivity index (χ4n) is 3.11. The second-order valence-corrected chi connectivity index (χ2v) is 8.06. The largest absolute Gasteiger partial charge is 0.336 e. The summed E-state index contributed by atoms with van der Waals surface area (Å²) in [6.07, 6.45) is 1.26. The van der Waals surface area contributed by atoms with Crippen molar-refractivity contribution in [3.8, 4) is 0 Å². The van der Waals surface area contributed by atoms with Crippen molar-refractivity contribution in [3.05, 3.63) is 68.7 Å². The van der Waals surface area contributed by atoms with Gasteiger partial charge in [0.1, 0.15) is 5.82 Å². The van der Waals surface area contributed by atoms with Crippen molar-refractivity contribution < 1.29 is 9.59 Å². The fraction of sp³-hybridized carbons (Fsp3) is 0.273. The van der Waals surface area contributed by atoms with Crippen LogP contribution in [0.15, 0.2) is 51.7 Å². The smallest absolute Gasteiger partial charge is 0.258 e. The number of nitrogens with one attached hydrogen (secondary N) is 2. The molecule has 1 heterocycles. The number of rotatable bonds is 7. The van der Waals surface area contributed by atoms with Crippen LogP contribution in [0.5, 0.6) is 0 Å². The lowest BCUT2D eigenvalue weighted by Gasteiger charge is -2.17. The molecule has 0 saturated carbocycles. The van der Waals surface area contributed by atoms with Crippen molar-refractivity contribution in [2.75, 3.05) is 18.9 Å². The summed E-state index contributed by atoms with van der Waals surface area (Å²) in [6, 6.07) is 12.7. The molecular formula is C22H23BrN4O3. The number of anilines is 1. The van der Waals surface area contributed by atoms with E-state index in [4.69, 9.17) is 0 Å². The van der Waals surface area contributed by atoms with Gasteiger partial charge in [-0.2, -0.15) is 0 Å². The summed E-state index contributed by atoms with van der Waals surface area (Å²) in [5.41, 5.74) is 2.11. The van der Waals surface area contributed by atoms with Gasteiger partial charge in [0.25, 0.3) is 5.56 Å². The molecule has 0 aliphatic rings. The van der Waals surface area contributed by atoms with Gasteiger partial charge < -0.3 is 15.2 Å². The Kier molecular flexibility index (Phi) is 6.99. The Morgan fingerprint density at radius 3 is 2.73 bits per heavy atom. The van der Waals surface area contributed by atoms with Gasteiger partial charge >= 0.3 is 0 Å². The van der Waals surface area contributed by atoms with Gasteiger partial charge in [0, 0.05) is 30.0 Å². The second-order valence-electron chi connectivity index (χ2n) is 7.14. The Labute approximate surface area is 182 Å². The number of benzene rings is 2. The average Bonchev–Trinajstić information content (AvgIpc) is 2.70. The molecule has 0 radical (unpaired) electrons. The zero-order chi connectivity index (χ0) is 21.7. The molecule has 7 nitrogen and oxygen atoms in total. The third-order valence-electron chi connectivity index (χ3n) is 4.74. The molecule has 156 valence electrons. The van der Waals surface area contributed by atoms with Crippen molar-refractivity contribution in [2.24, 2.45) is 0 Å². The van der Waals surface area contributed by atoms with E-state index in [-0.39, 0.29) is 30.3 Å². The molecule has 2 N–H and O–H groups in total. The molecule has 0 fully saturated rings. The van der Waals surface area contributed by atoms with E-state index in [0.29, 0.717) is 29.6 Å². The van der Waals surface area contributed by atoms with Crippen LogP contribution < -0.4 is 10.9 Å². The summed E-state index contributed by atoms with van der Waals surface area (Å²) in [6.45, 7) is 1.87. The number of hydrogen-bond acceptors (Lipinski definition) is 4. The van der Waals surface area contributed by atoms with Crippen molar-refractivity contribution >= 4 is 44.3 Å². The maximum atomic E-state index is 12.4. The average molecular weight is 471 g/mol. The molecule has 0 saturated heterocycles. The molecule has 3 rings (SSSR count). The van der Waals surface area contributed by atoms with Gasteiger partial charge in [0.2, 0.25) is 11.8 Å². The molecule has 0 unspecified atom stereocenters. The molecule has 1 aromatic heterocycles. The number of nitrogens with zero attached hydrogens (tertiary/aromatic N) is 2. The summed E-state index contributed by atoms with van der Waals surface area (Å²) in [5, 5.41) is 3.37. The highest BCUT2D eigenvalue weighted by atomic mass is 79.9. The quantitative estimate of drug-likeness (QED) is 0.552. The van der Waals surface area contributed by atoms with Crippen LogP contribution in [0.3, 0.4) is 0 Å². The van der Waals surface area contributed by atoms with Gasteiger partial charge in [-0.1, -0.05) is 28.1 Å². The number of carbonyl (C=O) groups is 2. The number of likely N-dealkylation sites (N-methyl/N-ethyl adjacent to an activating group) is 1. The summed E-state index contributed by atoms with van der Waals surface area (Å²) < 4.78 is 0.938. The lowest BCUT2D eigenvalue weighted by atomic mass is 10.2. The van der Waals surface area contributed by atoms with Crippen molar-refractivity contribution in [1.29, 1.82) is 0 Å². The van der Waals surface area contributed by atoms with Gasteiger partial charge in [-0.25, -0.2) is 4.98 Å². The van der Waals surface area contributed by atoms with Crippen LogP contribution in [-0.4, -0.2) is 40.3 Å². The molecule has 2 amide bonds. The van der Waals surface area contributed by atoms with Crippen LogP contribution in [0.4, 0.5) is 5.69 Å². The molecule has 0 aliphatic carbocycles. The van der Waals surface area contributed by atoms with Gasteiger partial charge in [0.15, 0.2) is 0 Å². The number of aryl methyl sites for hydroxylation is 2. The zero-order valence-electron chi connectivity index (χ0n) is 16.9. The number of fused-ring (bicyclic) bond motifs is 1. The van der Waals surface area contributed by atoms with Crippen LogP contribution in [0.2, 0.25) is 0 Å². The second kappa shape index (κ2) is 9.67. The molecule has 8 heteroatoms. The summed E-state index contributed by atoms with van der Waals surface area (Å²) in [4.78, 5) is 45.3. The topological polar surface area (TPSA) is 95.2 Å². The van der Waals surface area contributed by atoms with Gasteiger partial charge in [0.05, 0.1) is 17.4 Å². The maximum Gasteiger partial charge on any atom is 0.258 e. The number of carbonyl (C=O) groups excluding carboxylic acids is 2. The van der Waals surface area contributed by atoms with Crippen LogP contribution in [0.25, 0.3) is 10.9 Å². The SMILES string of the molecule is Cc1cc(Br)ccc1NC(=O)CN(C)C(=O)CCCc1nc2ccccc2c(=O)[nH]1. The lowest BCUT2D eigenvalue weighted by molar-refractivity contribution is -0.133. The minimum absolute atomic E-state index is 0.0284. The van der Waals surface area contributed by atoms with Crippen molar-refractivity contribution in [2.45, 2.75) is 26.2 Å². The van der Waals surface area contributed by atoms with Crippen molar-refractivity contribution in [3.63, 3.8) is 0 Å². The number of H-pyrrole nitrogens is 1. The number of halogens is 1. The Balaban J connectivity index is 1.49. The van der Waals surface area contributed by atoms with E-state index in [1.807, 2.05) is 31.2 Å². The van der Waals surface area contributed by atoms with Gasteiger partial charge in [-0.3, -0.25) is 14.4 Å². The summed E-state index contributed by atoms with van der Waals surface area (Å²) in [5.74, 6) is 0.162. The number of aromatic amines is 1. The lowest BCUT2D eigenvalue weighted by Crippen LogP contribution is -2.35. The molecule has 0 bridgehead atoms. The van der Waals surface area contributed by atoms with E-state index in [0.717, 1.165) is 15.7 Å². The van der Waals surface area contributed by atoms with Crippen molar-refractivity contribution in [1.82, 2.24) is 14.9 Å². The monoisotopic (exact) mass is 470 g/mol. The number of para-hydroxylation sites is 1.